The molecule has 2 N–H and O–H groups in total. The largest absolute Gasteiger partial charge is 0.486 e. The number of amides is 4. The van der Waals surface area contributed by atoms with Crippen molar-refractivity contribution < 1.29 is 23.9 Å². The summed E-state index contributed by atoms with van der Waals surface area (Å²) in [7, 11) is 0. The molecule has 0 unspecified atom stereocenters. The number of hydrogen-bond donors (Lipinski definition) is 2. The van der Waals surface area contributed by atoms with Gasteiger partial charge in [0.1, 0.15) is 25.3 Å². The maximum absolute atomic E-state index is 12.9. The summed E-state index contributed by atoms with van der Waals surface area (Å²) in [6, 6.07) is 4.57. The van der Waals surface area contributed by atoms with Crippen molar-refractivity contribution in [3.63, 3.8) is 0 Å². The number of urea groups is 1. The number of nitrogens with zero attached hydrogens (tertiary/aromatic N) is 1. The number of ether oxygens (including phenoxy) is 2. The highest BCUT2D eigenvalue weighted by molar-refractivity contribution is 6.09. The summed E-state index contributed by atoms with van der Waals surface area (Å²) in [5.41, 5.74) is -0.675. The lowest BCUT2D eigenvalue weighted by Gasteiger charge is -2.25. The summed E-state index contributed by atoms with van der Waals surface area (Å²) < 4.78 is 11.1. The molecule has 8 heteroatoms. The van der Waals surface area contributed by atoms with Crippen molar-refractivity contribution in [1.29, 1.82) is 0 Å². The molecule has 2 aliphatic rings. The molecule has 152 valence electrons. The molecule has 0 bridgehead atoms. The standard InChI is InChI=1S/C20H27N3O5/c1-3-4-5-6-9-21-17(24)13-23-18(25)20(2,22-19(23)26)14-7-8-15-16(12-14)28-11-10-27-15/h7-8,12H,3-6,9-11,13H2,1-2H3,(H,21,24)(H,22,26)/t20-/m1/s1. The van der Waals surface area contributed by atoms with Gasteiger partial charge in [-0.15, -0.1) is 0 Å². The van der Waals surface area contributed by atoms with E-state index in [-0.39, 0.29) is 12.5 Å². The minimum Gasteiger partial charge on any atom is -0.486 e. The molecular weight excluding hydrogens is 362 g/mol. The highest BCUT2D eigenvalue weighted by atomic mass is 16.6. The third kappa shape index (κ3) is 4.05. The van der Waals surface area contributed by atoms with Crippen LogP contribution in [0.5, 0.6) is 11.5 Å². The summed E-state index contributed by atoms with van der Waals surface area (Å²) in [5, 5.41) is 5.47. The molecule has 0 aromatic heterocycles. The van der Waals surface area contributed by atoms with Crippen molar-refractivity contribution in [2.45, 2.75) is 45.1 Å². The lowest BCUT2D eigenvalue weighted by molar-refractivity contribution is -0.134. The molecule has 1 aromatic carbocycles. The molecule has 0 spiro atoms. The second-order valence-corrected chi connectivity index (χ2v) is 7.22. The van der Waals surface area contributed by atoms with Crippen LogP contribution in [0.25, 0.3) is 0 Å². The Morgan fingerprint density at radius 1 is 1.18 bits per heavy atom. The zero-order chi connectivity index (χ0) is 20.1. The van der Waals surface area contributed by atoms with Crippen molar-refractivity contribution in [2.24, 2.45) is 0 Å². The molecule has 0 radical (unpaired) electrons. The van der Waals surface area contributed by atoms with E-state index in [0.717, 1.165) is 30.6 Å². The Morgan fingerprint density at radius 3 is 2.68 bits per heavy atom. The molecule has 1 fully saturated rings. The number of imide groups is 1. The van der Waals surface area contributed by atoms with Gasteiger partial charge in [0, 0.05) is 6.54 Å². The molecule has 4 amide bonds. The SMILES string of the molecule is CCCCCCNC(=O)CN1C(=O)N[C@](C)(c2ccc3c(c2)OCCO3)C1=O. The topological polar surface area (TPSA) is 97.0 Å². The van der Waals surface area contributed by atoms with Gasteiger partial charge in [0.15, 0.2) is 11.5 Å². The average Bonchev–Trinajstić information content (AvgIpc) is 2.91. The van der Waals surface area contributed by atoms with Crippen LogP contribution in [0.15, 0.2) is 18.2 Å². The lowest BCUT2D eigenvalue weighted by Crippen LogP contribution is -2.43. The van der Waals surface area contributed by atoms with Gasteiger partial charge in [0.05, 0.1) is 0 Å². The molecule has 1 aromatic rings. The molecule has 1 saturated heterocycles. The van der Waals surface area contributed by atoms with E-state index in [2.05, 4.69) is 17.6 Å². The first-order chi connectivity index (χ1) is 13.5. The number of nitrogens with one attached hydrogen (secondary N) is 2. The van der Waals surface area contributed by atoms with Crippen molar-refractivity contribution in [3.05, 3.63) is 23.8 Å². The van der Waals surface area contributed by atoms with Crippen LogP contribution in [-0.4, -0.2) is 49.0 Å². The van der Waals surface area contributed by atoms with Crippen LogP contribution in [0.2, 0.25) is 0 Å². The monoisotopic (exact) mass is 389 g/mol. The number of benzene rings is 1. The van der Waals surface area contributed by atoms with Crippen LogP contribution in [0.4, 0.5) is 4.79 Å². The third-order valence-electron chi connectivity index (χ3n) is 5.05. The number of carbonyl (C=O) groups is 3. The predicted octanol–water partition coefficient (Wildman–Crippen LogP) is 1.92. The van der Waals surface area contributed by atoms with Crippen molar-refractivity contribution >= 4 is 17.8 Å². The molecule has 28 heavy (non-hydrogen) atoms. The lowest BCUT2D eigenvalue weighted by atomic mass is 9.91. The first-order valence-electron chi connectivity index (χ1n) is 9.76. The van der Waals surface area contributed by atoms with Gasteiger partial charge in [0.25, 0.3) is 5.91 Å². The van der Waals surface area contributed by atoms with Crippen LogP contribution in [-0.2, 0) is 15.1 Å². The minimum atomic E-state index is -1.26. The molecule has 1 atom stereocenters. The van der Waals surface area contributed by atoms with E-state index in [1.54, 1.807) is 25.1 Å². The molecule has 0 aliphatic carbocycles. The number of fused-ring (bicyclic) bond motifs is 1. The van der Waals surface area contributed by atoms with E-state index >= 15 is 0 Å². The smallest absolute Gasteiger partial charge is 0.325 e. The van der Waals surface area contributed by atoms with Crippen LogP contribution in [0.1, 0.15) is 45.1 Å². The fourth-order valence-electron chi connectivity index (χ4n) is 3.37. The van der Waals surface area contributed by atoms with Crippen molar-refractivity contribution in [3.8, 4) is 11.5 Å². The Hall–Kier alpha value is -2.77. The fraction of sp³-hybridized carbons (Fsp3) is 0.550. The highest BCUT2D eigenvalue weighted by Gasteiger charge is 2.49. The molecule has 3 rings (SSSR count). The van der Waals surface area contributed by atoms with E-state index < -0.39 is 17.5 Å². The quantitative estimate of drug-likeness (QED) is 0.523. The normalized spacial score (nSPS) is 20.9. The first-order valence-corrected chi connectivity index (χ1v) is 9.76. The van der Waals surface area contributed by atoms with Gasteiger partial charge in [-0.3, -0.25) is 14.5 Å². The van der Waals surface area contributed by atoms with Gasteiger partial charge in [0.2, 0.25) is 5.91 Å². The zero-order valence-electron chi connectivity index (χ0n) is 16.4. The zero-order valence-corrected chi connectivity index (χ0v) is 16.4. The van der Waals surface area contributed by atoms with Crippen molar-refractivity contribution in [2.75, 3.05) is 26.3 Å². The van der Waals surface area contributed by atoms with Gasteiger partial charge in [-0.2, -0.15) is 0 Å². The number of hydrogen-bond acceptors (Lipinski definition) is 5. The third-order valence-corrected chi connectivity index (χ3v) is 5.05. The van der Waals surface area contributed by atoms with E-state index in [1.807, 2.05) is 0 Å². The van der Waals surface area contributed by atoms with E-state index in [0.29, 0.717) is 36.8 Å². The molecule has 2 aliphatic heterocycles. The second kappa shape index (κ2) is 8.50. The number of rotatable bonds is 8. The van der Waals surface area contributed by atoms with E-state index in [1.165, 1.54) is 0 Å². The molecule has 0 saturated carbocycles. The summed E-state index contributed by atoms with van der Waals surface area (Å²) in [6.45, 7) is 4.90. The molecule has 2 heterocycles. The maximum Gasteiger partial charge on any atom is 0.325 e. The summed E-state index contributed by atoms with van der Waals surface area (Å²) >= 11 is 0. The second-order valence-electron chi connectivity index (χ2n) is 7.22. The van der Waals surface area contributed by atoms with Gasteiger partial charge < -0.3 is 20.1 Å². The summed E-state index contributed by atoms with van der Waals surface area (Å²) in [5.74, 6) is 0.340. The number of unbranched alkanes of at least 4 members (excludes halogenated alkanes) is 3. The van der Waals surface area contributed by atoms with Crippen molar-refractivity contribution in [1.82, 2.24) is 15.5 Å². The molecular formula is C20H27N3O5. The van der Waals surface area contributed by atoms with Crippen LogP contribution >= 0.6 is 0 Å². The maximum atomic E-state index is 12.9. The van der Waals surface area contributed by atoms with Gasteiger partial charge >= 0.3 is 6.03 Å². The fourth-order valence-corrected chi connectivity index (χ4v) is 3.37. The molecule has 8 nitrogen and oxygen atoms in total. The summed E-state index contributed by atoms with van der Waals surface area (Å²) in [6.07, 6.45) is 4.17. The van der Waals surface area contributed by atoms with E-state index in [9.17, 15) is 14.4 Å². The summed E-state index contributed by atoms with van der Waals surface area (Å²) in [4.78, 5) is 38.4. The predicted molar refractivity (Wildman–Crippen MR) is 102 cm³/mol. The van der Waals surface area contributed by atoms with Crippen LogP contribution in [0.3, 0.4) is 0 Å². The Morgan fingerprint density at radius 2 is 1.93 bits per heavy atom. The first kappa shape index (κ1) is 20.0. The Kier molecular flexibility index (Phi) is 6.06. The number of carbonyl (C=O) groups excluding carboxylic acids is 3. The highest BCUT2D eigenvalue weighted by Crippen LogP contribution is 2.36. The average molecular weight is 389 g/mol. The minimum absolute atomic E-state index is 0.293. The Bertz CT molecular complexity index is 766. The van der Waals surface area contributed by atoms with Gasteiger partial charge in [-0.25, -0.2) is 4.79 Å². The van der Waals surface area contributed by atoms with Gasteiger partial charge in [-0.05, 0) is 31.0 Å². The van der Waals surface area contributed by atoms with Crippen LogP contribution < -0.4 is 20.1 Å². The van der Waals surface area contributed by atoms with Gasteiger partial charge in [-0.1, -0.05) is 32.3 Å². The Balaban J connectivity index is 1.64. The Labute approximate surface area is 164 Å². The van der Waals surface area contributed by atoms with E-state index in [4.69, 9.17) is 9.47 Å². The van der Waals surface area contributed by atoms with Crippen LogP contribution in [0, 0.1) is 0 Å².